The van der Waals surface area contributed by atoms with Crippen LogP contribution >= 0.6 is 0 Å². The van der Waals surface area contributed by atoms with Gasteiger partial charge in [-0.05, 0) is 30.5 Å². The first-order chi connectivity index (χ1) is 19.6. The molecule has 0 spiro atoms. The summed E-state index contributed by atoms with van der Waals surface area (Å²) in [4.78, 5) is 33.2. The largest absolute Gasteiger partial charge is 0.493 e. The molecule has 216 valence electrons. The zero-order chi connectivity index (χ0) is 29.7. The first-order valence-electron chi connectivity index (χ1n) is 13.1. The van der Waals surface area contributed by atoms with Crippen LogP contribution in [0.3, 0.4) is 0 Å². The van der Waals surface area contributed by atoms with E-state index in [1.165, 1.54) is 37.3 Å². The van der Waals surface area contributed by atoms with Crippen molar-refractivity contribution in [3.8, 4) is 11.5 Å². The van der Waals surface area contributed by atoms with Gasteiger partial charge in [-0.2, -0.15) is 4.72 Å². The highest BCUT2D eigenvalue weighted by Gasteiger charge is 2.34. The number of carbonyl (C=O) groups excluding carboxylic acids is 2. The van der Waals surface area contributed by atoms with Crippen molar-refractivity contribution in [1.29, 1.82) is 0 Å². The van der Waals surface area contributed by atoms with Gasteiger partial charge in [-0.3, -0.25) is 9.59 Å². The Hall–Kier alpha value is -4.22. The maximum Gasteiger partial charge on any atom is 0.272 e. The summed E-state index contributed by atoms with van der Waals surface area (Å²) in [5.74, 6) is -0.569. The molecule has 2 atom stereocenters. The predicted molar refractivity (Wildman–Crippen MR) is 157 cm³/mol. The Kier molecular flexibility index (Phi) is 9.09. The van der Waals surface area contributed by atoms with Crippen molar-refractivity contribution in [2.24, 2.45) is 10.9 Å². The van der Waals surface area contributed by atoms with E-state index >= 15 is 0 Å². The van der Waals surface area contributed by atoms with Gasteiger partial charge in [0.2, 0.25) is 22.1 Å². The fraction of sp³-hybridized carbons (Fsp3) is 0.300. The van der Waals surface area contributed by atoms with Gasteiger partial charge in [0.05, 0.1) is 30.5 Å². The average molecular weight is 579 g/mol. The number of anilines is 1. The fourth-order valence-corrected chi connectivity index (χ4v) is 5.82. The minimum Gasteiger partial charge on any atom is -0.493 e. The number of sulfonamides is 1. The normalized spacial score (nSPS) is 16.0. The lowest BCUT2D eigenvalue weighted by Gasteiger charge is -2.24. The lowest BCUT2D eigenvalue weighted by Crippen LogP contribution is -2.53. The molecule has 10 nitrogen and oxygen atoms in total. The van der Waals surface area contributed by atoms with Gasteiger partial charge in [0.25, 0.3) is 5.91 Å². The number of aliphatic imine (C=N–C) groups is 1. The van der Waals surface area contributed by atoms with Crippen molar-refractivity contribution in [3.63, 3.8) is 0 Å². The third-order valence-corrected chi connectivity index (χ3v) is 8.13. The van der Waals surface area contributed by atoms with Crippen LogP contribution in [-0.4, -0.2) is 59.4 Å². The molecule has 2 amide bonds. The van der Waals surface area contributed by atoms with Gasteiger partial charge in [-0.25, -0.2) is 13.4 Å². The minimum absolute atomic E-state index is 0.0426. The Labute approximate surface area is 240 Å². The monoisotopic (exact) mass is 578 g/mol. The van der Waals surface area contributed by atoms with E-state index in [9.17, 15) is 18.0 Å². The molecule has 11 heteroatoms. The van der Waals surface area contributed by atoms with Gasteiger partial charge in [-0.15, -0.1) is 0 Å². The molecule has 1 aliphatic heterocycles. The number of carbonyl (C=O) groups is 2. The Morgan fingerprint density at radius 2 is 1.63 bits per heavy atom. The number of hydrogen-bond acceptors (Lipinski definition) is 7. The van der Waals surface area contributed by atoms with E-state index in [-0.39, 0.29) is 23.0 Å². The van der Waals surface area contributed by atoms with Crippen LogP contribution in [0.15, 0.2) is 82.7 Å². The molecule has 3 aromatic carbocycles. The van der Waals surface area contributed by atoms with Crippen molar-refractivity contribution in [2.75, 3.05) is 26.2 Å². The Morgan fingerprint density at radius 3 is 2.29 bits per heavy atom. The van der Waals surface area contributed by atoms with Crippen LogP contribution in [0.4, 0.5) is 5.69 Å². The molecule has 2 N–H and O–H groups in total. The highest BCUT2D eigenvalue weighted by molar-refractivity contribution is 7.89. The lowest BCUT2D eigenvalue weighted by atomic mass is 10.0. The number of rotatable bonds is 10. The molecule has 41 heavy (non-hydrogen) atoms. The van der Waals surface area contributed by atoms with Crippen molar-refractivity contribution >= 4 is 33.2 Å². The molecule has 0 aromatic heterocycles. The highest BCUT2D eigenvalue weighted by Crippen LogP contribution is 2.30. The smallest absolute Gasteiger partial charge is 0.272 e. The van der Waals surface area contributed by atoms with Crippen LogP contribution in [0.2, 0.25) is 0 Å². The van der Waals surface area contributed by atoms with E-state index in [0.717, 1.165) is 11.1 Å². The topological polar surface area (TPSA) is 126 Å². The Morgan fingerprint density at radius 1 is 0.976 bits per heavy atom. The number of ether oxygens (including phenoxy) is 2. The predicted octanol–water partition coefficient (Wildman–Crippen LogP) is 3.35. The first kappa shape index (κ1) is 29.8. The van der Waals surface area contributed by atoms with Crippen LogP contribution < -0.4 is 24.4 Å². The molecule has 0 saturated heterocycles. The van der Waals surface area contributed by atoms with E-state index in [1.54, 1.807) is 7.05 Å². The fourth-order valence-electron chi connectivity index (χ4n) is 4.60. The van der Waals surface area contributed by atoms with Gasteiger partial charge in [0.15, 0.2) is 11.5 Å². The summed E-state index contributed by atoms with van der Waals surface area (Å²) in [6.45, 7) is 3.75. The number of fused-ring (bicyclic) bond motifs is 1. The highest BCUT2D eigenvalue weighted by atomic mass is 32.2. The molecule has 0 fully saturated rings. The minimum atomic E-state index is -4.16. The van der Waals surface area contributed by atoms with Gasteiger partial charge >= 0.3 is 0 Å². The second-order valence-corrected chi connectivity index (χ2v) is 11.7. The molecule has 4 rings (SSSR count). The Bertz CT molecular complexity index is 1560. The van der Waals surface area contributed by atoms with Gasteiger partial charge < -0.3 is 19.7 Å². The SMILES string of the molecule is COc1ccc(S(=O)(=O)NC(CC(C)C)C(=O)NC2N=C(c3ccccc3)c3ccccc3N(C)C2=O)cc1OC. The second-order valence-electron chi connectivity index (χ2n) is 9.99. The zero-order valence-corrected chi connectivity index (χ0v) is 24.4. The van der Waals surface area contributed by atoms with Crippen LogP contribution in [0, 0.1) is 5.92 Å². The number of methoxy groups -OCH3 is 2. The molecule has 1 heterocycles. The van der Waals surface area contributed by atoms with E-state index < -0.39 is 34.0 Å². The summed E-state index contributed by atoms with van der Waals surface area (Å²) >= 11 is 0. The number of para-hydroxylation sites is 1. The van der Waals surface area contributed by atoms with E-state index in [0.29, 0.717) is 17.1 Å². The molecule has 2 unspecified atom stereocenters. The maximum absolute atomic E-state index is 13.6. The summed E-state index contributed by atoms with van der Waals surface area (Å²) in [5.41, 5.74) is 2.69. The van der Waals surface area contributed by atoms with Crippen molar-refractivity contribution in [3.05, 3.63) is 83.9 Å². The van der Waals surface area contributed by atoms with Gasteiger partial charge in [0, 0.05) is 24.2 Å². The van der Waals surface area contributed by atoms with Crippen LogP contribution in [0.1, 0.15) is 31.4 Å². The number of hydrogen-bond donors (Lipinski definition) is 2. The quantitative estimate of drug-likeness (QED) is 0.380. The van der Waals surface area contributed by atoms with Crippen molar-refractivity contribution in [1.82, 2.24) is 10.0 Å². The number of nitrogens with one attached hydrogen (secondary N) is 2. The van der Waals surface area contributed by atoms with Crippen LogP contribution in [0.25, 0.3) is 0 Å². The molecular weight excluding hydrogens is 544 g/mol. The third kappa shape index (κ3) is 6.58. The zero-order valence-electron chi connectivity index (χ0n) is 23.6. The summed E-state index contributed by atoms with van der Waals surface area (Å²) in [6, 6.07) is 19.7. The molecule has 3 aromatic rings. The lowest BCUT2D eigenvalue weighted by molar-refractivity contribution is -0.128. The summed E-state index contributed by atoms with van der Waals surface area (Å²) < 4.78 is 39.7. The number of nitrogens with zero attached hydrogens (tertiary/aromatic N) is 2. The molecule has 0 aliphatic carbocycles. The number of likely N-dealkylation sites (N-methyl/N-ethyl adjacent to an activating group) is 1. The van der Waals surface area contributed by atoms with Gasteiger partial charge in [-0.1, -0.05) is 62.4 Å². The summed E-state index contributed by atoms with van der Waals surface area (Å²) in [7, 11) is 0.316. The molecule has 0 saturated carbocycles. The molecule has 0 bridgehead atoms. The van der Waals surface area contributed by atoms with Crippen molar-refractivity contribution in [2.45, 2.75) is 37.4 Å². The Balaban J connectivity index is 1.67. The van der Waals surface area contributed by atoms with E-state index in [2.05, 4.69) is 10.0 Å². The summed E-state index contributed by atoms with van der Waals surface area (Å²) in [5, 5.41) is 2.70. The number of benzodiazepines with no additional fused rings is 1. The molecule has 0 radical (unpaired) electrons. The van der Waals surface area contributed by atoms with Crippen molar-refractivity contribution < 1.29 is 27.5 Å². The third-order valence-electron chi connectivity index (χ3n) is 6.66. The average Bonchev–Trinajstić information content (AvgIpc) is 3.07. The second kappa shape index (κ2) is 12.5. The van der Waals surface area contributed by atoms with E-state index in [1.807, 2.05) is 68.4 Å². The number of benzene rings is 3. The van der Waals surface area contributed by atoms with Crippen LogP contribution in [-0.2, 0) is 19.6 Å². The standard InChI is InChI=1S/C30H34N4O6S/c1-19(2)17-23(33-41(37,38)21-15-16-25(39-4)26(18-21)40-5)29(35)32-28-30(36)34(3)24-14-10-9-13-22(24)27(31-28)20-11-7-6-8-12-20/h6-16,18-19,23,28,33H,17H2,1-5H3,(H,32,35). The summed E-state index contributed by atoms with van der Waals surface area (Å²) in [6.07, 6.45) is -1.10. The first-order valence-corrected chi connectivity index (χ1v) is 14.6. The van der Waals surface area contributed by atoms with Gasteiger partial charge in [0.1, 0.15) is 6.04 Å². The van der Waals surface area contributed by atoms with E-state index in [4.69, 9.17) is 14.5 Å². The maximum atomic E-state index is 13.6. The molecular formula is C30H34N4O6S. The molecule has 1 aliphatic rings. The van der Waals surface area contributed by atoms with Crippen LogP contribution in [0.5, 0.6) is 11.5 Å². The number of amides is 2.